The first-order chi connectivity index (χ1) is 13.4. The molecule has 0 heterocycles. The first-order valence-electron chi connectivity index (χ1n) is 8.15. The van der Waals surface area contributed by atoms with Crippen molar-refractivity contribution in [2.24, 2.45) is 0 Å². The number of amides is 2. The van der Waals surface area contributed by atoms with Crippen molar-refractivity contribution >= 4 is 17.5 Å². The van der Waals surface area contributed by atoms with Crippen LogP contribution in [0.1, 0.15) is 27.6 Å². The molecule has 0 bridgehead atoms. The second-order valence-electron chi connectivity index (χ2n) is 5.35. The molecule has 2 amide bonds. The maximum absolute atomic E-state index is 12.3. The molecule has 10 heteroatoms. The second-order valence-corrected chi connectivity index (χ2v) is 5.35. The zero-order chi connectivity index (χ0) is 20.7. The van der Waals surface area contributed by atoms with Crippen LogP contribution in [0.25, 0.3) is 0 Å². The molecule has 0 atom stereocenters. The topological polar surface area (TPSA) is 129 Å². The Balaban J connectivity index is 2.13. The largest absolute Gasteiger partial charge is 0.496 e. The molecule has 0 radical (unpaired) electrons. The molecule has 0 aromatic heterocycles. The van der Waals surface area contributed by atoms with Crippen molar-refractivity contribution in [1.29, 1.82) is 0 Å². The maximum Gasteiger partial charge on any atom is 0.273 e. The van der Waals surface area contributed by atoms with Crippen molar-refractivity contribution in [1.82, 2.24) is 10.9 Å². The Morgan fingerprint density at radius 3 is 2.21 bits per heavy atom. The van der Waals surface area contributed by atoms with Crippen LogP contribution in [0.15, 0.2) is 36.4 Å². The summed E-state index contributed by atoms with van der Waals surface area (Å²) in [6.45, 7) is 2.25. The molecule has 0 saturated carbocycles. The standard InChI is InChI=1S/C18H19N3O7/c1-4-28-15-7-5-11(9-16(15)27-3)17(22)19-20-18(23)13-10-12(21(24)25)6-8-14(13)26-2/h5-10H,4H2,1-3H3,(H,19,22)(H,20,23). The van der Waals surface area contributed by atoms with E-state index in [1.54, 1.807) is 6.07 Å². The first kappa shape index (κ1) is 20.5. The van der Waals surface area contributed by atoms with Gasteiger partial charge in [-0.05, 0) is 31.2 Å². The fourth-order valence-electron chi connectivity index (χ4n) is 2.32. The van der Waals surface area contributed by atoms with E-state index >= 15 is 0 Å². The number of nitro benzene ring substituents is 1. The zero-order valence-electron chi connectivity index (χ0n) is 15.5. The highest BCUT2D eigenvalue weighted by Gasteiger charge is 2.18. The van der Waals surface area contributed by atoms with E-state index in [4.69, 9.17) is 14.2 Å². The number of methoxy groups -OCH3 is 2. The van der Waals surface area contributed by atoms with Gasteiger partial charge < -0.3 is 14.2 Å². The number of carbonyl (C=O) groups excluding carboxylic acids is 2. The number of hydrazine groups is 1. The summed E-state index contributed by atoms with van der Waals surface area (Å²) < 4.78 is 15.6. The highest BCUT2D eigenvalue weighted by atomic mass is 16.6. The van der Waals surface area contributed by atoms with Crippen molar-refractivity contribution in [2.75, 3.05) is 20.8 Å². The van der Waals surface area contributed by atoms with E-state index in [1.807, 2.05) is 6.92 Å². The molecule has 0 spiro atoms. The normalized spacial score (nSPS) is 9.96. The van der Waals surface area contributed by atoms with E-state index in [9.17, 15) is 19.7 Å². The number of ether oxygens (including phenoxy) is 3. The Morgan fingerprint density at radius 2 is 1.61 bits per heavy atom. The van der Waals surface area contributed by atoms with Gasteiger partial charge in [0.25, 0.3) is 17.5 Å². The molecule has 10 nitrogen and oxygen atoms in total. The summed E-state index contributed by atoms with van der Waals surface area (Å²) in [6.07, 6.45) is 0. The van der Waals surface area contributed by atoms with Gasteiger partial charge in [-0.3, -0.25) is 30.6 Å². The van der Waals surface area contributed by atoms with Crippen LogP contribution in [-0.4, -0.2) is 37.6 Å². The number of hydrogen-bond donors (Lipinski definition) is 2. The lowest BCUT2D eigenvalue weighted by atomic mass is 10.1. The fraction of sp³-hybridized carbons (Fsp3) is 0.222. The van der Waals surface area contributed by atoms with Gasteiger partial charge in [0.15, 0.2) is 11.5 Å². The Morgan fingerprint density at radius 1 is 0.964 bits per heavy atom. The van der Waals surface area contributed by atoms with Crippen molar-refractivity contribution in [3.63, 3.8) is 0 Å². The number of benzene rings is 2. The van der Waals surface area contributed by atoms with Crippen molar-refractivity contribution in [2.45, 2.75) is 6.92 Å². The minimum atomic E-state index is -0.771. The van der Waals surface area contributed by atoms with Gasteiger partial charge >= 0.3 is 0 Å². The minimum absolute atomic E-state index is 0.0960. The molecule has 0 aliphatic heterocycles. The van der Waals surface area contributed by atoms with Gasteiger partial charge in [0.1, 0.15) is 5.75 Å². The van der Waals surface area contributed by atoms with E-state index in [1.165, 1.54) is 38.5 Å². The molecule has 2 aromatic rings. The molecular formula is C18H19N3O7. The van der Waals surface area contributed by atoms with E-state index < -0.39 is 16.7 Å². The molecule has 0 saturated heterocycles. The molecular weight excluding hydrogens is 370 g/mol. The van der Waals surface area contributed by atoms with Gasteiger partial charge in [-0.25, -0.2) is 0 Å². The third-order valence-corrected chi connectivity index (χ3v) is 3.65. The number of non-ortho nitro benzene ring substituents is 1. The average molecular weight is 389 g/mol. The quantitative estimate of drug-likeness (QED) is 0.548. The van der Waals surface area contributed by atoms with Crippen LogP contribution in [0.2, 0.25) is 0 Å². The number of nitro groups is 1. The SMILES string of the molecule is CCOc1ccc(C(=O)NNC(=O)c2cc([N+](=O)[O-])ccc2OC)cc1OC. The van der Waals surface area contributed by atoms with Gasteiger partial charge in [0.05, 0.1) is 31.3 Å². The number of carbonyl (C=O) groups is 2. The van der Waals surface area contributed by atoms with Gasteiger partial charge in [0.2, 0.25) is 0 Å². The summed E-state index contributed by atoms with van der Waals surface area (Å²) in [5.74, 6) is -0.418. The third-order valence-electron chi connectivity index (χ3n) is 3.65. The molecule has 0 aliphatic rings. The van der Waals surface area contributed by atoms with Crippen LogP contribution >= 0.6 is 0 Å². The molecule has 2 N–H and O–H groups in total. The Hall–Kier alpha value is -3.82. The highest BCUT2D eigenvalue weighted by molar-refractivity contribution is 6.01. The fourth-order valence-corrected chi connectivity index (χ4v) is 2.32. The number of nitrogens with one attached hydrogen (secondary N) is 2. The Labute approximate surface area is 160 Å². The summed E-state index contributed by atoms with van der Waals surface area (Å²) >= 11 is 0. The van der Waals surface area contributed by atoms with E-state index in [0.717, 1.165) is 6.07 Å². The lowest BCUT2D eigenvalue weighted by Gasteiger charge is -2.12. The van der Waals surface area contributed by atoms with Crippen LogP contribution in [0, 0.1) is 10.1 Å². The van der Waals surface area contributed by atoms with Gasteiger partial charge in [0, 0.05) is 17.7 Å². The lowest BCUT2D eigenvalue weighted by molar-refractivity contribution is -0.384. The molecule has 0 unspecified atom stereocenters. The van der Waals surface area contributed by atoms with E-state index in [-0.39, 0.29) is 22.6 Å². The van der Waals surface area contributed by atoms with Gasteiger partial charge in [-0.2, -0.15) is 0 Å². The molecule has 0 aliphatic carbocycles. The minimum Gasteiger partial charge on any atom is -0.496 e. The zero-order valence-corrected chi connectivity index (χ0v) is 15.5. The Kier molecular flexibility index (Phi) is 6.74. The summed E-state index contributed by atoms with van der Waals surface area (Å²) in [4.78, 5) is 34.9. The van der Waals surface area contributed by atoms with Gasteiger partial charge in [-0.1, -0.05) is 0 Å². The van der Waals surface area contributed by atoms with Gasteiger partial charge in [-0.15, -0.1) is 0 Å². The Bertz CT molecular complexity index is 899. The summed E-state index contributed by atoms with van der Waals surface area (Å²) in [6, 6.07) is 8.10. The van der Waals surface area contributed by atoms with E-state index in [2.05, 4.69) is 10.9 Å². The summed E-state index contributed by atoms with van der Waals surface area (Å²) in [5.41, 5.74) is 4.28. The van der Waals surface area contributed by atoms with Crippen molar-refractivity contribution in [3.05, 3.63) is 57.6 Å². The maximum atomic E-state index is 12.3. The van der Waals surface area contributed by atoms with Crippen LogP contribution in [-0.2, 0) is 0 Å². The van der Waals surface area contributed by atoms with Crippen LogP contribution < -0.4 is 25.1 Å². The highest BCUT2D eigenvalue weighted by Crippen LogP contribution is 2.28. The van der Waals surface area contributed by atoms with E-state index in [0.29, 0.717) is 18.1 Å². The smallest absolute Gasteiger partial charge is 0.273 e. The number of rotatable bonds is 7. The molecule has 0 fully saturated rings. The lowest BCUT2D eigenvalue weighted by Crippen LogP contribution is -2.41. The molecule has 148 valence electrons. The molecule has 2 rings (SSSR count). The first-order valence-corrected chi connectivity index (χ1v) is 8.15. The number of nitrogens with zero attached hydrogens (tertiary/aromatic N) is 1. The predicted octanol–water partition coefficient (Wildman–Crippen LogP) is 2.09. The van der Waals surface area contributed by atoms with Crippen LogP contribution in [0.4, 0.5) is 5.69 Å². The third kappa shape index (κ3) is 4.67. The van der Waals surface area contributed by atoms with Crippen molar-refractivity contribution in [3.8, 4) is 17.2 Å². The average Bonchev–Trinajstić information content (AvgIpc) is 2.71. The monoisotopic (exact) mass is 389 g/mol. The van der Waals surface area contributed by atoms with Crippen LogP contribution in [0.3, 0.4) is 0 Å². The molecule has 28 heavy (non-hydrogen) atoms. The summed E-state index contributed by atoms with van der Waals surface area (Å²) in [5, 5.41) is 10.9. The molecule has 2 aromatic carbocycles. The predicted molar refractivity (Wildman–Crippen MR) is 98.7 cm³/mol. The van der Waals surface area contributed by atoms with Crippen molar-refractivity contribution < 1.29 is 28.7 Å². The summed E-state index contributed by atoms with van der Waals surface area (Å²) in [7, 11) is 2.76. The second kappa shape index (κ2) is 9.21. The number of hydrogen-bond acceptors (Lipinski definition) is 7. The van der Waals surface area contributed by atoms with Crippen LogP contribution in [0.5, 0.6) is 17.2 Å².